The number of rotatable bonds is 2. The normalized spacial score (nSPS) is 11.1. The Kier molecular flexibility index (Phi) is 1.36. The predicted molar refractivity (Wildman–Crippen MR) is 42.8 cm³/mol. The van der Waals surface area contributed by atoms with Gasteiger partial charge in [-0.2, -0.15) is 0 Å². The molecular formula is C8H7BO2. The minimum absolute atomic E-state index is 0.788. The zero-order chi connectivity index (χ0) is 7.84. The molecule has 54 valence electrons. The van der Waals surface area contributed by atoms with E-state index < -0.39 is 7.12 Å². The van der Waals surface area contributed by atoms with Crippen LogP contribution in [0.5, 0.6) is 0 Å². The van der Waals surface area contributed by atoms with Crippen molar-refractivity contribution in [2.24, 2.45) is 0 Å². The first-order valence-electron chi connectivity index (χ1n) is 3.43. The molecule has 1 aliphatic rings. The molecule has 2 rings (SSSR count). The highest BCUT2D eigenvalue weighted by molar-refractivity contribution is 6.59. The third-order valence-electron chi connectivity index (χ3n) is 1.76. The van der Waals surface area contributed by atoms with Crippen LogP contribution in [0.4, 0.5) is 0 Å². The van der Waals surface area contributed by atoms with Crippen LogP contribution in [0.15, 0.2) is 18.2 Å². The summed E-state index contributed by atoms with van der Waals surface area (Å²) >= 11 is 0. The van der Waals surface area contributed by atoms with Gasteiger partial charge in [-0.1, -0.05) is 6.07 Å². The van der Waals surface area contributed by atoms with Crippen LogP contribution >= 0.6 is 0 Å². The van der Waals surface area contributed by atoms with Crippen LogP contribution in [0.3, 0.4) is 0 Å². The van der Waals surface area contributed by atoms with Crippen molar-refractivity contribution in [3.05, 3.63) is 28.6 Å². The lowest BCUT2D eigenvalue weighted by atomic mass is 9.80. The fourth-order valence-electron chi connectivity index (χ4n) is 1.04. The van der Waals surface area contributed by atoms with Gasteiger partial charge in [0.05, 0.1) is 0 Å². The van der Waals surface area contributed by atoms with Gasteiger partial charge in [0.25, 0.3) is 0 Å². The molecule has 11 heavy (non-hydrogen) atoms. The van der Waals surface area contributed by atoms with E-state index in [1.54, 1.807) is 0 Å². The Morgan fingerprint density at radius 2 is 2.27 bits per heavy atom. The van der Waals surface area contributed by atoms with Crippen LogP contribution in [0.2, 0.25) is 0 Å². The SMILES string of the molecule is COB(O)c1ccc2c(c1)=C=2. The van der Waals surface area contributed by atoms with Crippen LogP contribution < -0.4 is 15.9 Å². The molecule has 1 aromatic rings. The maximum absolute atomic E-state index is 9.23. The van der Waals surface area contributed by atoms with Gasteiger partial charge in [-0.3, -0.25) is 0 Å². The molecule has 0 saturated carbocycles. The first-order chi connectivity index (χ1) is 5.31. The van der Waals surface area contributed by atoms with Crippen LogP contribution in [0.25, 0.3) is 5.73 Å². The molecular weight excluding hydrogens is 139 g/mol. The molecule has 0 bridgehead atoms. The van der Waals surface area contributed by atoms with Crippen LogP contribution in [0.1, 0.15) is 0 Å². The standard InChI is InChI=1S/C8H7BO2/c1-11-9(10)8-3-2-6-4-7(6)5-8/h2-3,5,10H,1H3. The van der Waals surface area contributed by atoms with Crippen molar-refractivity contribution in [2.75, 3.05) is 7.11 Å². The summed E-state index contributed by atoms with van der Waals surface area (Å²) < 4.78 is 4.74. The monoisotopic (exact) mass is 146 g/mol. The maximum Gasteiger partial charge on any atom is 0.490 e. The molecule has 3 heteroatoms. The van der Waals surface area contributed by atoms with Gasteiger partial charge >= 0.3 is 7.12 Å². The number of hydrogen-bond donors (Lipinski definition) is 1. The van der Waals surface area contributed by atoms with Crippen molar-refractivity contribution >= 4 is 18.3 Å². The molecule has 0 unspecified atom stereocenters. The molecule has 0 heterocycles. The molecule has 0 aromatic heterocycles. The van der Waals surface area contributed by atoms with Gasteiger partial charge in [-0.15, -0.1) is 5.73 Å². The van der Waals surface area contributed by atoms with Gasteiger partial charge in [0.1, 0.15) is 0 Å². The Bertz CT molecular complexity index is 407. The Labute approximate surface area is 64.6 Å². The second-order valence-electron chi connectivity index (χ2n) is 2.52. The van der Waals surface area contributed by atoms with E-state index in [1.165, 1.54) is 7.11 Å². The highest BCUT2D eigenvalue weighted by Gasteiger charge is 2.14. The minimum atomic E-state index is -0.803. The van der Waals surface area contributed by atoms with Gasteiger partial charge in [-0.05, 0) is 17.6 Å². The van der Waals surface area contributed by atoms with Crippen molar-refractivity contribution in [1.29, 1.82) is 0 Å². The molecule has 1 N–H and O–H groups in total. The molecule has 1 aliphatic carbocycles. The second kappa shape index (κ2) is 2.24. The topological polar surface area (TPSA) is 29.5 Å². The molecule has 2 nitrogen and oxygen atoms in total. The smallest absolute Gasteiger partial charge is 0.423 e. The lowest BCUT2D eigenvalue weighted by molar-refractivity contribution is 0.341. The lowest BCUT2D eigenvalue weighted by Gasteiger charge is -2.00. The summed E-state index contributed by atoms with van der Waals surface area (Å²) in [6.07, 6.45) is 0. The van der Waals surface area contributed by atoms with Gasteiger partial charge in [-0.25, -0.2) is 0 Å². The summed E-state index contributed by atoms with van der Waals surface area (Å²) in [7, 11) is 0.673. The van der Waals surface area contributed by atoms with E-state index in [0.29, 0.717) is 0 Å². The van der Waals surface area contributed by atoms with Crippen molar-refractivity contribution in [1.82, 2.24) is 0 Å². The van der Waals surface area contributed by atoms with E-state index in [4.69, 9.17) is 4.65 Å². The number of hydrogen-bond acceptors (Lipinski definition) is 2. The molecule has 0 spiro atoms. The third kappa shape index (κ3) is 1.10. The molecule has 0 radical (unpaired) electrons. The lowest BCUT2D eigenvalue weighted by Crippen LogP contribution is -2.35. The number of fused-ring (bicyclic) bond motifs is 1. The predicted octanol–water partition coefficient (Wildman–Crippen LogP) is -1.91. The molecule has 0 fully saturated rings. The van der Waals surface area contributed by atoms with Crippen LogP contribution in [-0.4, -0.2) is 19.3 Å². The van der Waals surface area contributed by atoms with E-state index in [2.05, 4.69) is 5.73 Å². The third-order valence-corrected chi connectivity index (χ3v) is 1.76. The highest BCUT2D eigenvalue weighted by atomic mass is 16.5. The van der Waals surface area contributed by atoms with Crippen molar-refractivity contribution < 1.29 is 9.68 Å². The molecule has 0 atom stereocenters. The maximum atomic E-state index is 9.23. The Morgan fingerprint density at radius 3 is 2.91 bits per heavy atom. The minimum Gasteiger partial charge on any atom is -0.423 e. The van der Waals surface area contributed by atoms with E-state index in [0.717, 1.165) is 15.9 Å². The molecule has 0 saturated heterocycles. The zero-order valence-corrected chi connectivity index (χ0v) is 6.16. The van der Waals surface area contributed by atoms with Gasteiger partial charge in [0.2, 0.25) is 0 Å². The van der Waals surface area contributed by atoms with E-state index in [9.17, 15) is 5.02 Å². The highest BCUT2D eigenvalue weighted by Crippen LogP contribution is 1.80. The molecule has 0 amide bonds. The molecule has 1 aromatic carbocycles. The molecule has 0 aliphatic heterocycles. The largest absolute Gasteiger partial charge is 0.490 e. The summed E-state index contributed by atoms with van der Waals surface area (Å²) in [6, 6.07) is 5.64. The average molecular weight is 146 g/mol. The zero-order valence-electron chi connectivity index (χ0n) is 6.16. The Hall–Kier alpha value is -1.02. The van der Waals surface area contributed by atoms with E-state index in [1.807, 2.05) is 18.2 Å². The van der Waals surface area contributed by atoms with Crippen LogP contribution in [-0.2, 0) is 4.65 Å². The van der Waals surface area contributed by atoms with Crippen molar-refractivity contribution in [3.8, 4) is 0 Å². The second-order valence-corrected chi connectivity index (χ2v) is 2.52. The van der Waals surface area contributed by atoms with Crippen LogP contribution in [0, 0.1) is 0 Å². The summed E-state index contributed by atoms with van der Waals surface area (Å²) in [4.78, 5) is 0. The van der Waals surface area contributed by atoms with Crippen molar-refractivity contribution in [3.63, 3.8) is 0 Å². The first-order valence-corrected chi connectivity index (χ1v) is 3.43. The fraction of sp³-hybridized carbons (Fsp3) is 0.125. The van der Waals surface area contributed by atoms with Gasteiger partial charge < -0.3 is 9.68 Å². The van der Waals surface area contributed by atoms with Gasteiger partial charge in [0.15, 0.2) is 0 Å². The Balaban J connectivity index is 2.35. The van der Waals surface area contributed by atoms with E-state index in [-0.39, 0.29) is 0 Å². The summed E-state index contributed by atoms with van der Waals surface area (Å²) in [6.45, 7) is 0. The average Bonchev–Trinajstić information content (AvgIpc) is 2.80. The van der Waals surface area contributed by atoms with Crippen molar-refractivity contribution in [2.45, 2.75) is 0 Å². The van der Waals surface area contributed by atoms with Gasteiger partial charge in [0, 0.05) is 17.5 Å². The fourth-order valence-corrected chi connectivity index (χ4v) is 1.04. The Morgan fingerprint density at radius 1 is 1.45 bits per heavy atom. The quantitative estimate of drug-likeness (QED) is 0.500. The summed E-state index contributed by atoms with van der Waals surface area (Å²) in [5, 5.41) is 11.4. The van der Waals surface area contributed by atoms with E-state index >= 15 is 0 Å². The summed E-state index contributed by atoms with van der Waals surface area (Å²) in [5.74, 6) is 0. The first kappa shape index (κ1) is 6.68. The number of benzene rings is 1. The summed E-state index contributed by atoms with van der Waals surface area (Å²) in [5.41, 5.74) is 3.83.